The molecular weight excluding hydrogens is 513 g/mol. The second-order valence-electron chi connectivity index (χ2n) is 8.98. The smallest absolute Gasteiger partial charge is 0.306 e. The first kappa shape index (κ1) is 29.2. The highest BCUT2D eigenvalue weighted by atomic mass is 19.1. The number of aliphatic carboxylic acids is 1. The van der Waals surface area contributed by atoms with Gasteiger partial charge in [-0.2, -0.15) is 5.10 Å². The van der Waals surface area contributed by atoms with Crippen molar-refractivity contribution in [3.05, 3.63) is 42.3 Å². The highest BCUT2D eigenvalue weighted by molar-refractivity contribution is 5.92. The first-order chi connectivity index (χ1) is 18.6. The zero-order chi connectivity index (χ0) is 28.5. The SMILES string of the molecule is CC(=O)N(CC(C)CO)c1ccc(-c2ccc(N3C=NN(C(=O)COC(=O)CCC(=O)O)CC3)nc2)c(F)c1. The van der Waals surface area contributed by atoms with Crippen LogP contribution in [0.4, 0.5) is 15.9 Å². The molecule has 0 radical (unpaired) electrons. The third kappa shape index (κ3) is 8.04. The summed E-state index contributed by atoms with van der Waals surface area (Å²) in [5, 5.41) is 23.1. The lowest BCUT2D eigenvalue weighted by Gasteiger charge is -2.28. The molecule has 39 heavy (non-hydrogen) atoms. The number of carboxylic acid groups (broad SMARTS) is 1. The van der Waals surface area contributed by atoms with Gasteiger partial charge in [0, 0.05) is 49.6 Å². The summed E-state index contributed by atoms with van der Waals surface area (Å²) in [4.78, 5) is 53.7. The molecule has 2 aromatic rings. The summed E-state index contributed by atoms with van der Waals surface area (Å²) in [5.41, 5.74) is 1.22. The molecule has 0 saturated carbocycles. The largest absolute Gasteiger partial charge is 0.481 e. The minimum absolute atomic E-state index is 0.0932. The fourth-order valence-corrected chi connectivity index (χ4v) is 3.71. The highest BCUT2D eigenvalue weighted by Gasteiger charge is 2.21. The number of carbonyl (C=O) groups is 4. The van der Waals surface area contributed by atoms with Crippen LogP contribution in [0, 0.1) is 11.7 Å². The van der Waals surface area contributed by atoms with E-state index < -0.39 is 30.3 Å². The summed E-state index contributed by atoms with van der Waals surface area (Å²) in [7, 11) is 0. The van der Waals surface area contributed by atoms with E-state index in [1.807, 2.05) is 0 Å². The van der Waals surface area contributed by atoms with Gasteiger partial charge in [-0.3, -0.25) is 19.2 Å². The number of pyridine rings is 1. The number of halogens is 1. The number of anilines is 2. The average Bonchev–Trinajstić information content (AvgIpc) is 2.93. The molecule has 1 aromatic carbocycles. The molecule has 13 heteroatoms. The van der Waals surface area contributed by atoms with Crippen LogP contribution in [0.2, 0.25) is 0 Å². The molecule has 0 aliphatic carbocycles. The van der Waals surface area contributed by atoms with E-state index in [2.05, 4.69) is 10.1 Å². The molecule has 208 valence electrons. The lowest BCUT2D eigenvalue weighted by Crippen LogP contribution is -2.42. The summed E-state index contributed by atoms with van der Waals surface area (Å²) in [6.07, 6.45) is 2.20. The van der Waals surface area contributed by atoms with E-state index in [4.69, 9.17) is 9.84 Å². The number of esters is 1. The molecule has 2 heterocycles. The Morgan fingerprint density at radius 2 is 1.92 bits per heavy atom. The normalized spacial score (nSPS) is 13.6. The second kappa shape index (κ2) is 13.4. The van der Waals surface area contributed by atoms with E-state index in [0.717, 1.165) is 5.01 Å². The quantitative estimate of drug-likeness (QED) is 0.405. The molecule has 12 nitrogen and oxygen atoms in total. The first-order valence-electron chi connectivity index (χ1n) is 12.2. The number of benzene rings is 1. The predicted molar refractivity (Wildman–Crippen MR) is 139 cm³/mol. The van der Waals surface area contributed by atoms with Crippen LogP contribution in [-0.4, -0.2) is 83.1 Å². The molecule has 1 atom stereocenters. The Balaban J connectivity index is 1.61. The Labute approximate surface area is 224 Å². The topological polar surface area (TPSA) is 153 Å². The Morgan fingerprint density at radius 1 is 1.15 bits per heavy atom. The van der Waals surface area contributed by atoms with Crippen LogP contribution in [0.1, 0.15) is 26.7 Å². The van der Waals surface area contributed by atoms with Crippen molar-refractivity contribution in [3.8, 4) is 11.1 Å². The van der Waals surface area contributed by atoms with Crippen molar-refractivity contribution >= 4 is 41.6 Å². The van der Waals surface area contributed by atoms with Gasteiger partial charge in [-0.25, -0.2) is 14.4 Å². The van der Waals surface area contributed by atoms with Gasteiger partial charge in [0.15, 0.2) is 6.61 Å². The zero-order valence-corrected chi connectivity index (χ0v) is 21.6. The van der Waals surface area contributed by atoms with Crippen LogP contribution in [-0.2, 0) is 23.9 Å². The minimum atomic E-state index is -1.13. The number of amides is 2. The third-order valence-electron chi connectivity index (χ3n) is 5.87. The minimum Gasteiger partial charge on any atom is -0.481 e. The van der Waals surface area contributed by atoms with Gasteiger partial charge in [-0.05, 0) is 36.2 Å². The van der Waals surface area contributed by atoms with Crippen molar-refractivity contribution in [2.24, 2.45) is 11.0 Å². The molecule has 3 rings (SSSR count). The molecule has 0 spiro atoms. The molecule has 1 aliphatic rings. The number of ether oxygens (including phenoxy) is 1. The van der Waals surface area contributed by atoms with E-state index in [9.17, 15) is 24.3 Å². The van der Waals surface area contributed by atoms with Crippen LogP contribution in [0.15, 0.2) is 41.6 Å². The number of carboxylic acids is 1. The van der Waals surface area contributed by atoms with Crippen LogP contribution in [0.25, 0.3) is 11.1 Å². The number of hydrogen-bond acceptors (Lipinski definition) is 9. The van der Waals surface area contributed by atoms with Gasteiger partial charge in [0.05, 0.1) is 19.4 Å². The van der Waals surface area contributed by atoms with Crippen molar-refractivity contribution in [2.75, 3.05) is 42.6 Å². The Hall–Kier alpha value is -4.39. The Morgan fingerprint density at radius 3 is 2.49 bits per heavy atom. The highest BCUT2D eigenvalue weighted by Crippen LogP contribution is 2.28. The van der Waals surface area contributed by atoms with Crippen molar-refractivity contribution in [2.45, 2.75) is 26.7 Å². The zero-order valence-electron chi connectivity index (χ0n) is 21.6. The Bertz CT molecular complexity index is 1240. The Kier molecular flexibility index (Phi) is 10.0. The lowest BCUT2D eigenvalue weighted by atomic mass is 10.1. The van der Waals surface area contributed by atoms with Crippen molar-refractivity contribution in [3.63, 3.8) is 0 Å². The fourth-order valence-electron chi connectivity index (χ4n) is 3.71. The van der Waals surface area contributed by atoms with Gasteiger partial charge in [-0.15, -0.1) is 0 Å². The fraction of sp³-hybridized carbons (Fsp3) is 0.385. The van der Waals surface area contributed by atoms with Crippen LogP contribution < -0.4 is 9.80 Å². The summed E-state index contributed by atoms with van der Waals surface area (Å²) in [6.45, 7) is 3.35. The molecule has 0 bridgehead atoms. The van der Waals surface area contributed by atoms with Gasteiger partial charge in [0.2, 0.25) is 5.91 Å². The van der Waals surface area contributed by atoms with E-state index in [-0.39, 0.29) is 44.4 Å². The number of hydrogen-bond donors (Lipinski definition) is 2. The maximum atomic E-state index is 15.0. The van der Waals surface area contributed by atoms with Crippen LogP contribution in [0.3, 0.4) is 0 Å². The number of aromatic nitrogens is 1. The number of nitrogens with zero attached hydrogens (tertiary/aromatic N) is 5. The molecule has 0 saturated heterocycles. The number of rotatable bonds is 11. The summed E-state index contributed by atoms with van der Waals surface area (Å²) < 4.78 is 19.8. The standard InChI is InChI=1S/C26H30FN5O7/c1-17(14-33)13-31(18(2)34)20-4-5-21(22(27)11-20)19-3-6-23(28-12-19)30-9-10-32(29-16-30)24(35)15-39-26(38)8-7-25(36)37/h3-6,11-12,16-17,33H,7-10,13-15H2,1-2H3,(H,36,37). The van der Waals surface area contributed by atoms with Crippen molar-refractivity contribution < 1.29 is 38.5 Å². The molecule has 2 amide bonds. The van der Waals surface area contributed by atoms with E-state index in [1.54, 1.807) is 36.1 Å². The number of aliphatic hydroxyl groups excluding tert-OH is 1. The monoisotopic (exact) mass is 543 g/mol. The second-order valence-corrected chi connectivity index (χ2v) is 8.98. The van der Waals surface area contributed by atoms with Gasteiger partial charge >= 0.3 is 11.9 Å². The van der Waals surface area contributed by atoms with Crippen molar-refractivity contribution in [1.29, 1.82) is 0 Å². The molecule has 2 N–H and O–H groups in total. The number of carbonyl (C=O) groups excluding carboxylic acids is 3. The summed E-state index contributed by atoms with van der Waals surface area (Å²) in [6, 6.07) is 7.87. The molecule has 1 aliphatic heterocycles. The van der Waals surface area contributed by atoms with Crippen LogP contribution in [0.5, 0.6) is 0 Å². The van der Waals surface area contributed by atoms with Gasteiger partial charge in [0.25, 0.3) is 5.91 Å². The average molecular weight is 544 g/mol. The van der Waals surface area contributed by atoms with Crippen molar-refractivity contribution in [1.82, 2.24) is 9.99 Å². The summed E-state index contributed by atoms with van der Waals surface area (Å²) in [5.74, 6) is -2.89. The van der Waals surface area contributed by atoms with E-state index in [1.165, 1.54) is 30.4 Å². The van der Waals surface area contributed by atoms with Gasteiger partial charge in [0.1, 0.15) is 18.0 Å². The maximum absolute atomic E-state index is 15.0. The number of aliphatic hydroxyl groups is 1. The first-order valence-corrected chi connectivity index (χ1v) is 12.2. The van der Waals surface area contributed by atoms with Gasteiger partial charge in [-0.1, -0.05) is 6.92 Å². The number of hydrazone groups is 1. The molecule has 1 unspecified atom stereocenters. The third-order valence-corrected chi connectivity index (χ3v) is 5.87. The lowest BCUT2D eigenvalue weighted by molar-refractivity contribution is -0.153. The summed E-state index contributed by atoms with van der Waals surface area (Å²) >= 11 is 0. The molecule has 1 aromatic heterocycles. The molecule has 0 fully saturated rings. The predicted octanol–water partition coefficient (Wildman–Crippen LogP) is 1.87. The van der Waals surface area contributed by atoms with Gasteiger partial charge < -0.3 is 24.7 Å². The van der Waals surface area contributed by atoms with E-state index >= 15 is 4.39 Å². The van der Waals surface area contributed by atoms with Crippen LogP contribution >= 0.6 is 0 Å². The molecular formula is C26H30FN5O7. The maximum Gasteiger partial charge on any atom is 0.306 e. The van der Waals surface area contributed by atoms with E-state index in [0.29, 0.717) is 29.2 Å².